The molecule has 31 heavy (non-hydrogen) atoms. The van der Waals surface area contributed by atoms with Gasteiger partial charge in [-0.2, -0.15) is 0 Å². The van der Waals surface area contributed by atoms with Crippen LogP contribution in [-0.2, 0) is 16.1 Å². The van der Waals surface area contributed by atoms with Crippen molar-refractivity contribution in [1.82, 2.24) is 9.88 Å². The van der Waals surface area contributed by atoms with Crippen molar-refractivity contribution in [2.45, 2.75) is 33.2 Å². The van der Waals surface area contributed by atoms with Gasteiger partial charge in [-0.15, -0.1) is 0 Å². The number of likely N-dealkylation sites (tertiary alicyclic amines) is 1. The van der Waals surface area contributed by atoms with Crippen LogP contribution in [0.4, 0.5) is 9.93 Å². The summed E-state index contributed by atoms with van der Waals surface area (Å²) >= 11 is 1.55. The Hall–Kier alpha value is -2.93. The standard InChI is InChI=1S/C24H27N3O3S/c1-3-30-24(29)26-14-12-19(13-15-26)22(28)27(16-18-9-5-4-6-10-18)23-25-21-17(2)8-7-11-20(21)31-23/h4-11,19H,3,12-16H2,1-2H3. The molecule has 1 aromatic heterocycles. The van der Waals surface area contributed by atoms with E-state index in [1.807, 2.05) is 60.4 Å². The third kappa shape index (κ3) is 4.71. The Balaban J connectivity index is 1.57. The van der Waals surface area contributed by atoms with Gasteiger partial charge < -0.3 is 9.64 Å². The molecular weight excluding hydrogens is 410 g/mol. The molecule has 1 aliphatic heterocycles. The van der Waals surface area contributed by atoms with Crippen LogP contribution >= 0.6 is 11.3 Å². The van der Waals surface area contributed by atoms with Crippen molar-refractivity contribution >= 4 is 38.7 Å². The molecule has 0 aliphatic carbocycles. The maximum atomic E-state index is 13.6. The lowest BCUT2D eigenvalue weighted by atomic mass is 9.95. The average Bonchev–Trinajstić information content (AvgIpc) is 3.23. The number of carbonyl (C=O) groups excluding carboxylic acids is 2. The molecule has 2 amide bonds. The summed E-state index contributed by atoms with van der Waals surface area (Å²) in [6.07, 6.45) is 0.968. The summed E-state index contributed by atoms with van der Waals surface area (Å²) in [4.78, 5) is 34.0. The van der Waals surface area contributed by atoms with Gasteiger partial charge in [-0.25, -0.2) is 9.78 Å². The molecule has 162 valence electrons. The van der Waals surface area contributed by atoms with E-state index in [0.29, 0.717) is 39.1 Å². The zero-order chi connectivity index (χ0) is 21.8. The van der Waals surface area contributed by atoms with E-state index >= 15 is 0 Å². The molecule has 0 atom stereocenters. The number of aryl methyl sites for hydroxylation is 1. The third-order valence-electron chi connectivity index (χ3n) is 5.66. The number of rotatable bonds is 5. The normalized spacial score (nSPS) is 14.6. The number of anilines is 1. The molecule has 0 radical (unpaired) electrons. The zero-order valence-corrected chi connectivity index (χ0v) is 18.7. The maximum Gasteiger partial charge on any atom is 0.409 e. The fraction of sp³-hybridized carbons (Fsp3) is 0.375. The van der Waals surface area contributed by atoms with Gasteiger partial charge in [0.05, 0.1) is 23.4 Å². The van der Waals surface area contributed by atoms with Gasteiger partial charge in [-0.05, 0) is 43.9 Å². The highest BCUT2D eigenvalue weighted by Gasteiger charge is 2.32. The fourth-order valence-corrected chi connectivity index (χ4v) is 4.99. The van der Waals surface area contributed by atoms with Crippen LogP contribution in [-0.4, -0.2) is 41.6 Å². The van der Waals surface area contributed by atoms with Gasteiger partial charge in [0.25, 0.3) is 0 Å². The van der Waals surface area contributed by atoms with Gasteiger partial charge >= 0.3 is 6.09 Å². The molecule has 3 aromatic rings. The van der Waals surface area contributed by atoms with E-state index in [1.165, 1.54) is 0 Å². The number of thiazole rings is 1. The molecule has 6 nitrogen and oxygen atoms in total. The number of para-hydroxylation sites is 1. The number of hydrogen-bond donors (Lipinski definition) is 0. The van der Waals surface area contributed by atoms with Crippen molar-refractivity contribution in [3.8, 4) is 0 Å². The van der Waals surface area contributed by atoms with E-state index in [-0.39, 0.29) is 17.9 Å². The fourth-order valence-electron chi connectivity index (χ4n) is 3.94. The molecule has 2 aromatic carbocycles. The first-order valence-corrected chi connectivity index (χ1v) is 11.5. The SMILES string of the molecule is CCOC(=O)N1CCC(C(=O)N(Cc2ccccc2)c2nc3c(C)cccc3s2)CC1. The van der Waals surface area contributed by atoms with E-state index in [1.54, 1.807) is 23.2 Å². The Labute approximate surface area is 186 Å². The summed E-state index contributed by atoms with van der Waals surface area (Å²) in [5, 5.41) is 0.728. The lowest BCUT2D eigenvalue weighted by molar-refractivity contribution is -0.123. The largest absolute Gasteiger partial charge is 0.450 e. The molecule has 0 saturated carbocycles. The highest BCUT2D eigenvalue weighted by molar-refractivity contribution is 7.22. The molecule has 0 N–H and O–H groups in total. The third-order valence-corrected chi connectivity index (χ3v) is 6.70. The summed E-state index contributed by atoms with van der Waals surface area (Å²) < 4.78 is 6.18. The minimum atomic E-state index is -0.295. The van der Waals surface area contributed by atoms with Crippen LogP contribution < -0.4 is 4.90 Å². The molecule has 0 bridgehead atoms. The van der Waals surface area contributed by atoms with E-state index in [9.17, 15) is 9.59 Å². The highest BCUT2D eigenvalue weighted by Crippen LogP contribution is 2.33. The van der Waals surface area contributed by atoms with Crippen LogP contribution in [0.1, 0.15) is 30.9 Å². The molecule has 7 heteroatoms. The van der Waals surface area contributed by atoms with Crippen molar-refractivity contribution in [3.63, 3.8) is 0 Å². The van der Waals surface area contributed by atoms with Crippen molar-refractivity contribution in [3.05, 3.63) is 59.7 Å². The Morgan fingerprint density at radius 2 is 1.87 bits per heavy atom. The van der Waals surface area contributed by atoms with E-state index in [2.05, 4.69) is 0 Å². The quantitative estimate of drug-likeness (QED) is 0.563. The van der Waals surface area contributed by atoms with Gasteiger partial charge in [0.1, 0.15) is 0 Å². The second kappa shape index (κ2) is 9.47. The summed E-state index contributed by atoms with van der Waals surface area (Å²) in [5.74, 6) is -0.0634. The van der Waals surface area contributed by atoms with Gasteiger partial charge in [-0.3, -0.25) is 9.69 Å². The first kappa shape index (κ1) is 21.3. The van der Waals surface area contributed by atoms with Crippen LogP contribution in [0.15, 0.2) is 48.5 Å². The highest BCUT2D eigenvalue weighted by atomic mass is 32.1. The number of ether oxygens (including phenoxy) is 1. The van der Waals surface area contributed by atoms with Gasteiger partial charge in [-0.1, -0.05) is 53.8 Å². The molecule has 0 spiro atoms. The predicted molar refractivity (Wildman–Crippen MR) is 123 cm³/mol. The first-order chi connectivity index (χ1) is 15.1. The molecule has 1 aliphatic rings. The molecule has 4 rings (SSSR count). The van der Waals surface area contributed by atoms with Gasteiger partial charge in [0.15, 0.2) is 5.13 Å². The van der Waals surface area contributed by atoms with Crippen LogP contribution in [0, 0.1) is 12.8 Å². The Morgan fingerprint density at radius 3 is 2.55 bits per heavy atom. The topological polar surface area (TPSA) is 62.7 Å². The molecule has 2 heterocycles. The van der Waals surface area contributed by atoms with E-state index in [4.69, 9.17) is 9.72 Å². The number of piperidine rings is 1. The minimum Gasteiger partial charge on any atom is -0.450 e. The smallest absolute Gasteiger partial charge is 0.409 e. The zero-order valence-electron chi connectivity index (χ0n) is 17.9. The number of amides is 2. The number of aromatic nitrogens is 1. The molecule has 0 unspecified atom stereocenters. The molecule has 1 saturated heterocycles. The summed E-state index contributed by atoms with van der Waals surface area (Å²) in [6, 6.07) is 16.1. The number of nitrogens with zero attached hydrogens (tertiary/aromatic N) is 3. The number of hydrogen-bond acceptors (Lipinski definition) is 5. The van der Waals surface area contributed by atoms with Crippen LogP contribution in [0.3, 0.4) is 0 Å². The van der Waals surface area contributed by atoms with Crippen molar-refractivity contribution in [1.29, 1.82) is 0 Å². The summed E-state index contributed by atoms with van der Waals surface area (Å²) in [7, 11) is 0. The van der Waals surface area contributed by atoms with E-state index < -0.39 is 0 Å². The number of carbonyl (C=O) groups is 2. The lowest BCUT2D eigenvalue weighted by Crippen LogP contribution is -2.44. The summed E-state index contributed by atoms with van der Waals surface area (Å²) in [5.41, 5.74) is 3.12. The first-order valence-electron chi connectivity index (χ1n) is 10.7. The van der Waals surface area contributed by atoms with Crippen molar-refractivity contribution in [2.75, 3.05) is 24.6 Å². The second-order valence-electron chi connectivity index (χ2n) is 7.79. The number of fused-ring (bicyclic) bond motifs is 1. The van der Waals surface area contributed by atoms with Crippen molar-refractivity contribution in [2.24, 2.45) is 5.92 Å². The predicted octanol–water partition coefficient (Wildman–Crippen LogP) is 5.01. The molecular formula is C24H27N3O3S. The summed E-state index contributed by atoms with van der Waals surface area (Å²) in [6.45, 7) is 5.76. The van der Waals surface area contributed by atoms with Crippen LogP contribution in [0.5, 0.6) is 0 Å². The average molecular weight is 438 g/mol. The Morgan fingerprint density at radius 1 is 1.13 bits per heavy atom. The van der Waals surface area contributed by atoms with Gasteiger partial charge in [0.2, 0.25) is 5.91 Å². The van der Waals surface area contributed by atoms with Crippen LogP contribution in [0.2, 0.25) is 0 Å². The van der Waals surface area contributed by atoms with Gasteiger partial charge in [0, 0.05) is 19.0 Å². The lowest BCUT2D eigenvalue weighted by Gasteiger charge is -2.33. The monoisotopic (exact) mass is 437 g/mol. The molecule has 1 fully saturated rings. The van der Waals surface area contributed by atoms with E-state index in [0.717, 1.165) is 26.5 Å². The van der Waals surface area contributed by atoms with Crippen LogP contribution in [0.25, 0.3) is 10.2 Å². The number of benzene rings is 2. The van der Waals surface area contributed by atoms with Crippen molar-refractivity contribution < 1.29 is 14.3 Å². The second-order valence-corrected chi connectivity index (χ2v) is 8.80. The Bertz CT molecular complexity index is 1060. The maximum absolute atomic E-state index is 13.6. The minimum absolute atomic E-state index is 0.0732. The Kier molecular flexibility index (Phi) is 6.51.